The van der Waals surface area contributed by atoms with E-state index in [0.29, 0.717) is 19.0 Å². The van der Waals surface area contributed by atoms with Crippen LogP contribution in [-0.2, 0) is 16.1 Å². The van der Waals surface area contributed by atoms with Crippen LogP contribution >= 0.6 is 0 Å². The van der Waals surface area contributed by atoms with Crippen molar-refractivity contribution in [3.05, 3.63) is 35.4 Å². The van der Waals surface area contributed by atoms with Gasteiger partial charge in [-0.2, -0.15) is 0 Å². The number of benzene rings is 1. The van der Waals surface area contributed by atoms with E-state index in [2.05, 4.69) is 43.0 Å². The summed E-state index contributed by atoms with van der Waals surface area (Å²) in [4.78, 5) is 29.4. The van der Waals surface area contributed by atoms with Crippen molar-refractivity contribution in [2.24, 2.45) is 0 Å². The van der Waals surface area contributed by atoms with E-state index in [0.717, 1.165) is 19.6 Å². The van der Waals surface area contributed by atoms with Crippen LogP contribution in [0.1, 0.15) is 44.7 Å². The molecule has 2 rings (SSSR count). The van der Waals surface area contributed by atoms with E-state index in [1.54, 1.807) is 4.90 Å². The van der Waals surface area contributed by atoms with Crippen LogP contribution in [0.25, 0.3) is 0 Å². The molecule has 1 saturated heterocycles. The Labute approximate surface area is 162 Å². The van der Waals surface area contributed by atoms with Crippen molar-refractivity contribution in [1.82, 2.24) is 14.7 Å². The first-order valence-corrected chi connectivity index (χ1v) is 9.81. The van der Waals surface area contributed by atoms with Crippen molar-refractivity contribution in [2.45, 2.75) is 46.2 Å². The minimum absolute atomic E-state index is 0.0193. The SMILES string of the molecule is CC(C)c1ccc(CN2CCN(C(=O)CN(CC(=O)O)C(C)C)CC2)cc1. The minimum Gasteiger partial charge on any atom is -0.480 e. The molecule has 1 heterocycles. The predicted molar refractivity (Wildman–Crippen MR) is 107 cm³/mol. The number of hydrogen-bond acceptors (Lipinski definition) is 4. The minimum atomic E-state index is -0.898. The second-order valence-electron chi connectivity index (χ2n) is 7.95. The standard InChI is InChI=1S/C21H33N3O3/c1-16(2)19-7-5-18(6-8-19)13-22-9-11-23(12-10-22)20(25)14-24(17(3)4)15-21(26)27/h5-8,16-17H,9-15H2,1-4H3,(H,26,27). The van der Waals surface area contributed by atoms with E-state index in [1.807, 2.05) is 18.7 Å². The molecule has 1 fully saturated rings. The monoisotopic (exact) mass is 375 g/mol. The maximum atomic E-state index is 12.5. The lowest BCUT2D eigenvalue weighted by atomic mass is 10.0. The molecular formula is C21H33N3O3. The fourth-order valence-corrected chi connectivity index (χ4v) is 3.29. The highest BCUT2D eigenvalue weighted by Gasteiger charge is 2.24. The van der Waals surface area contributed by atoms with Gasteiger partial charge >= 0.3 is 5.97 Å². The van der Waals surface area contributed by atoms with E-state index in [9.17, 15) is 9.59 Å². The highest BCUT2D eigenvalue weighted by atomic mass is 16.4. The quantitative estimate of drug-likeness (QED) is 0.755. The van der Waals surface area contributed by atoms with Crippen LogP contribution in [0.2, 0.25) is 0 Å². The summed E-state index contributed by atoms with van der Waals surface area (Å²) >= 11 is 0. The molecule has 0 radical (unpaired) electrons. The number of carboxylic acid groups (broad SMARTS) is 1. The van der Waals surface area contributed by atoms with E-state index >= 15 is 0 Å². The van der Waals surface area contributed by atoms with E-state index < -0.39 is 5.97 Å². The summed E-state index contributed by atoms with van der Waals surface area (Å²) in [6.07, 6.45) is 0. The number of amides is 1. The molecule has 150 valence electrons. The predicted octanol–water partition coefficient (Wildman–Crippen LogP) is 2.25. The van der Waals surface area contributed by atoms with Crippen LogP contribution in [0, 0.1) is 0 Å². The number of aliphatic carboxylic acids is 1. The zero-order valence-electron chi connectivity index (χ0n) is 17.0. The fraction of sp³-hybridized carbons (Fsp3) is 0.619. The molecule has 1 N–H and O–H groups in total. The summed E-state index contributed by atoms with van der Waals surface area (Å²) in [6.45, 7) is 12.3. The number of hydrogen-bond donors (Lipinski definition) is 1. The largest absolute Gasteiger partial charge is 0.480 e. The van der Waals surface area contributed by atoms with Crippen LogP contribution in [0.4, 0.5) is 0 Å². The average molecular weight is 376 g/mol. The van der Waals surface area contributed by atoms with Crippen LogP contribution in [0.5, 0.6) is 0 Å². The van der Waals surface area contributed by atoms with Crippen LogP contribution < -0.4 is 0 Å². The molecule has 1 aromatic rings. The molecule has 1 amide bonds. The number of carbonyl (C=O) groups is 2. The highest BCUT2D eigenvalue weighted by Crippen LogP contribution is 2.16. The maximum Gasteiger partial charge on any atom is 0.317 e. The Morgan fingerprint density at radius 2 is 1.59 bits per heavy atom. The highest BCUT2D eigenvalue weighted by molar-refractivity contribution is 5.79. The second-order valence-corrected chi connectivity index (χ2v) is 7.95. The van der Waals surface area contributed by atoms with Crippen LogP contribution in [0.15, 0.2) is 24.3 Å². The topological polar surface area (TPSA) is 64.1 Å². The van der Waals surface area contributed by atoms with Gasteiger partial charge in [-0.15, -0.1) is 0 Å². The molecular weight excluding hydrogens is 342 g/mol. The van der Waals surface area contributed by atoms with Gasteiger partial charge in [-0.3, -0.25) is 19.4 Å². The smallest absolute Gasteiger partial charge is 0.317 e. The van der Waals surface area contributed by atoms with Gasteiger partial charge in [0.2, 0.25) is 5.91 Å². The van der Waals surface area contributed by atoms with Crippen LogP contribution in [-0.4, -0.2) is 77.0 Å². The first-order valence-electron chi connectivity index (χ1n) is 9.81. The van der Waals surface area contributed by atoms with Gasteiger partial charge in [-0.05, 0) is 30.9 Å². The van der Waals surface area contributed by atoms with Gasteiger partial charge < -0.3 is 10.0 Å². The summed E-state index contributed by atoms with van der Waals surface area (Å²) in [7, 11) is 0. The van der Waals surface area contributed by atoms with E-state index in [1.165, 1.54) is 11.1 Å². The second kappa shape index (κ2) is 9.85. The lowest BCUT2D eigenvalue weighted by Crippen LogP contribution is -2.52. The molecule has 6 nitrogen and oxygen atoms in total. The third-order valence-electron chi connectivity index (χ3n) is 5.18. The summed E-state index contributed by atoms with van der Waals surface area (Å²) in [5, 5.41) is 9.01. The summed E-state index contributed by atoms with van der Waals surface area (Å²) in [5.41, 5.74) is 2.65. The number of carboxylic acids is 1. The first-order chi connectivity index (χ1) is 12.8. The molecule has 0 bridgehead atoms. The van der Waals surface area contributed by atoms with Crippen molar-refractivity contribution in [3.63, 3.8) is 0 Å². The van der Waals surface area contributed by atoms with Gasteiger partial charge in [-0.25, -0.2) is 0 Å². The van der Waals surface area contributed by atoms with Crippen molar-refractivity contribution in [2.75, 3.05) is 39.3 Å². The third kappa shape index (κ3) is 6.63. The Morgan fingerprint density at radius 1 is 1.00 bits per heavy atom. The van der Waals surface area contributed by atoms with Gasteiger partial charge in [-0.1, -0.05) is 38.1 Å². The number of carbonyl (C=O) groups excluding carboxylic acids is 1. The fourth-order valence-electron chi connectivity index (χ4n) is 3.29. The van der Waals surface area contributed by atoms with Gasteiger partial charge in [0.15, 0.2) is 0 Å². The van der Waals surface area contributed by atoms with Crippen molar-refractivity contribution >= 4 is 11.9 Å². The lowest BCUT2D eigenvalue weighted by molar-refractivity contribution is -0.141. The molecule has 0 spiro atoms. The maximum absolute atomic E-state index is 12.5. The molecule has 0 saturated carbocycles. The van der Waals surface area contributed by atoms with Crippen molar-refractivity contribution in [1.29, 1.82) is 0 Å². The summed E-state index contributed by atoms with van der Waals surface area (Å²) in [5.74, 6) is -0.337. The molecule has 1 aliphatic rings. The summed E-state index contributed by atoms with van der Waals surface area (Å²) < 4.78 is 0. The van der Waals surface area contributed by atoms with E-state index in [-0.39, 0.29) is 25.0 Å². The Bertz CT molecular complexity index is 620. The van der Waals surface area contributed by atoms with Gasteiger partial charge in [0.25, 0.3) is 0 Å². The van der Waals surface area contributed by atoms with E-state index in [4.69, 9.17) is 5.11 Å². The van der Waals surface area contributed by atoms with Crippen molar-refractivity contribution in [3.8, 4) is 0 Å². The van der Waals surface area contributed by atoms with Crippen LogP contribution in [0.3, 0.4) is 0 Å². The zero-order chi connectivity index (χ0) is 20.0. The Balaban J connectivity index is 1.81. The molecule has 1 aliphatic heterocycles. The average Bonchev–Trinajstić information content (AvgIpc) is 2.61. The van der Waals surface area contributed by atoms with Gasteiger partial charge in [0, 0.05) is 38.8 Å². The summed E-state index contributed by atoms with van der Waals surface area (Å²) in [6, 6.07) is 8.81. The number of rotatable bonds is 8. The number of nitrogens with zero attached hydrogens (tertiary/aromatic N) is 3. The molecule has 1 aromatic carbocycles. The Morgan fingerprint density at radius 3 is 2.07 bits per heavy atom. The molecule has 0 aromatic heterocycles. The van der Waals surface area contributed by atoms with Gasteiger partial charge in [0.1, 0.15) is 0 Å². The molecule has 0 aliphatic carbocycles. The first kappa shape index (κ1) is 21.4. The molecule has 0 atom stereocenters. The molecule has 6 heteroatoms. The Kier molecular flexibility index (Phi) is 7.80. The third-order valence-corrected chi connectivity index (χ3v) is 5.18. The molecule has 0 unspecified atom stereocenters. The van der Waals surface area contributed by atoms with Crippen molar-refractivity contribution < 1.29 is 14.7 Å². The number of piperazine rings is 1. The Hall–Kier alpha value is -1.92. The zero-order valence-corrected chi connectivity index (χ0v) is 17.0. The lowest BCUT2D eigenvalue weighted by Gasteiger charge is -2.36. The molecule has 27 heavy (non-hydrogen) atoms. The van der Waals surface area contributed by atoms with Gasteiger partial charge in [0.05, 0.1) is 13.1 Å². The normalized spacial score (nSPS) is 15.7.